The zero-order valence-electron chi connectivity index (χ0n) is 19.5. The molecule has 4 aliphatic carbocycles. The fraction of sp³-hybridized carbons (Fsp3) is 0.500. The van der Waals surface area contributed by atoms with E-state index in [1.165, 1.54) is 37.0 Å². The molecule has 2 N–H and O–H groups in total. The number of rotatable bonds is 5. The van der Waals surface area contributed by atoms with Crippen molar-refractivity contribution in [1.29, 1.82) is 0 Å². The monoisotopic (exact) mass is 444 g/mol. The van der Waals surface area contributed by atoms with Crippen LogP contribution in [0.5, 0.6) is 0 Å². The first kappa shape index (κ1) is 21.0. The Bertz CT molecular complexity index is 1130. The number of nitrogens with zero attached hydrogens (tertiary/aromatic N) is 3. The molecule has 4 aliphatic rings. The summed E-state index contributed by atoms with van der Waals surface area (Å²) in [6.07, 6.45) is 7.17. The van der Waals surface area contributed by atoms with Crippen LogP contribution in [0, 0.1) is 29.5 Å². The molecular weight excluding hydrogens is 411 g/mol. The molecule has 4 bridgehead atoms. The maximum absolute atomic E-state index is 13.6. The minimum absolute atomic E-state index is 0.0604. The summed E-state index contributed by atoms with van der Waals surface area (Å²) in [5, 5.41) is 4.95. The van der Waals surface area contributed by atoms with Gasteiger partial charge >= 0.3 is 0 Å². The molecule has 0 amide bonds. The van der Waals surface area contributed by atoms with Crippen LogP contribution >= 0.6 is 0 Å². The number of nitrogens with two attached hydrogens (primary N) is 1. The van der Waals surface area contributed by atoms with Gasteiger partial charge in [-0.15, -0.1) is 0 Å². The Labute approximate surface area is 195 Å². The molecule has 3 unspecified atom stereocenters. The second kappa shape index (κ2) is 7.76. The third kappa shape index (κ3) is 3.71. The van der Waals surface area contributed by atoms with Crippen LogP contribution < -0.4 is 5.73 Å². The molecule has 172 valence electrons. The zero-order valence-corrected chi connectivity index (χ0v) is 19.5. The fourth-order valence-corrected chi connectivity index (χ4v) is 7.18. The summed E-state index contributed by atoms with van der Waals surface area (Å²) in [5.74, 6) is 4.68. The molecule has 1 aromatic heterocycles. The molecule has 4 fully saturated rings. The molecule has 3 aromatic rings. The van der Waals surface area contributed by atoms with Crippen molar-refractivity contribution in [3.8, 4) is 17.1 Å². The van der Waals surface area contributed by atoms with E-state index in [1.54, 1.807) is 12.1 Å². The van der Waals surface area contributed by atoms with E-state index in [0.717, 1.165) is 54.0 Å². The van der Waals surface area contributed by atoms with Crippen LogP contribution in [0.4, 0.5) is 4.39 Å². The summed E-state index contributed by atoms with van der Waals surface area (Å²) in [4.78, 5) is 5.04. The van der Waals surface area contributed by atoms with Crippen LogP contribution in [0.2, 0.25) is 0 Å². The maximum atomic E-state index is 13.6. The average Bonchev–Trinajstić information content (AvgIpc) is 3.20. The van der Waals surface area contributed by atoms with Crippen LogP contribution in [-0.4, -0.2) is 20.3 Å². The van der Waals surface area contributed by atoms with Crippen LogP contribution in [0.25, 0.3) is 17.1 Å². The normalized spacial score (nSPS) is 30.3. The number of hydrogen-bond acceptors (Lipinski definition) is 3. The Kier molecular flexibility index (Phi) is 4.95. The van der Waals surface area contributed by atoms with Crippen molar-refractivity contribution in [1.82, 2.24) is 14.8 Å². The molecule has 4 nitrogen and oxygen atoms in total. The lowest BCUT2D eigenvalue weighted by Crippen LogP contribution is -2.62. The molecule has 3 atom stereocenters. The minimum Gasteiger partial charge on any atom is -0.325 e. The van der Waals surface area contributed by atoms with E-state index in [1.807, 2.05) is 4.68 Å². The van der Waals surface area contributed by atoms with Gasteiger partial charge in [-0.05, 0) is 91.5 Å². The van der Waals surface area contributed by atoms with Crippen molar-refractivity contribution in [2.45, 2.75) is 63.8 Å². The molecule has 7 rings (SSSR count). The lowest BCUT2D eigenvalue weighted by atomic mass is 9.48. The largest absolute Gasteiger partial charge is 0.325 e. The van der Waals surface area contributed by atoms with Crippen LogP contribution in [-0.2, 0) is 6.42 Å². The van der Waals surface area contributed by atoms with E-state index >= 15 is 0 Å². The molecule has 0 saturated heterocycles. The van der Waals surface area contributed by atoms with Gasteiger partial charge in [-0.1, -0.05) is 38.1 Å². The summed E-state index contributed by atoms with van der Waals surface area (Å²) in [7, 11) is 0. The van der Waals surface area contributed by atoms with Crippen molar-refractivity contribution in [2.24, 2.45) is 29.4 Å². The maximum Gasteiger partial charge on any atom is 0.163 e. The Morgan fingerprint density at radius 1 is 1.00 bits per heavy atom. The molecule has 0 aliphatic heterocycles. The van der Waals surface area contributed by atoms with E-state index in [2.05, 4.69) is 38.1 Å². The van der Waals surface area contributed by atoms with Crippen molar-refractivity contribution < 1.29 is 4.39 Å². The lowest BCUT2D eigenvalue weighted by Gasteiger charge is -2.59. The van der Waals surface area contributed by atoms with Gasteiger partial charge in [0.15, 0.2) is 11.6 Å². The summed E-state index contributed by atoms with van der Waals surface area (Å²) in [6.45, 7) is 4.39. The SMILES string of the molecule is CC(C)c1ccc(-c2nc(CC3C4CC5CC(C4)CC3(N)C5)nn2-c2ccc(F)cc2)cc1. The van der Waals surface area contributed by atoms with Gasteiger partial charge < -0.3 is 5.73 Å². The zero-order chi connectivity index (χ0) is 22.7. The van der Waals surface area contributed by atoms with Crippen molar-refractivity contribution in [3.63, 3.8) is 0 Å². The van der Waals surface area contributed by atoms with Gasteiger partial charge in [-0.25, -0.2) is 14.1 Å². The van der Waals surface area contributed by atoms with Crippen molar-refractivity contribution >= 4 is 0 Å². The first-order chi connectivity index (χ1) is 15.9. The van der Waals surface area contributed by atoms with Gasteiger partial charge in [0, 0.05) is 17.5 Å². The standard InChI is InChI=1S/C28H33FN4/c1-17(2)20-3-5-21(6-4-20)27-31-26(32-33(27)24-9-7-23(29)8-10-24)14-25-22-12-18-11-19(13-22)16-28(25,30)15-18/h3-10,17-19,22,25H,11-16,30H2,1-2H3. The van der Waals surface area contributed by atoms with E-state index in [0.29, 0.717) is 17.8 Å². The first-order valence-electron chi connectivity index (χ1n) is 12.5. The van der Waals surface area contributed by atoms with Gasteiger partial charge in [0.2, 0.25) is 0 Å². The Morgan fingerprint density at radius 2 is 1.67 bits per heavy atom. The molecule has 2 aromatic carbocycles. The fourth-order valence-electron chi connectivity index (χ4n) is 7.18. The number of aromatic nitrogens is 3. The highest BCUT2D eigenvalue weighted by molar-refractivity contribution is 5.58. The molecule has 4 saturated carbocycles. The van der Waals surface area contributed by atoms with E-state index < -0.39 is 0 Å². The highest BCUT2D eigenvalue weighted by Gasteiger charge is 2.55. The number of benzene rings is 2. The third-order valence-corrected chi connectivity index (χ3v) is 8.54. The predicted octanol–water partition coefficient (Wildman–Crippen LogP) is 5.89. The predicted molar refractivity (Wildman–Crippen MR) is 129 cm³/mol. The molecule has 1 heterocycles. The summed E-state index contributed by atoms with van der Waals surface area (Å²) in [6, 6.07) is 15.1. The molecular formula is C28H33FN4. The highest BCUT2D eigenvalue weighted by atomic mass is 19.1. The van der Waals surface area contributed by atoms with Gasteiger partial charge in [0.1, 0.15) is 5.82 Å². The average molecular weight is 445 g/mol. The Balaban J connectivity index is 1.37. The summed E-state index contributed by atoms with van der Waals surface area (Å²) < 4.78 is 15.5. The van der Waals surface area contributed by atoms with Gasteiger partial charge in [0.05, 0.1) is 5.69 Å². The van der Waals surface area contributed by atoms with Gasteiger partial charge in [-0.2, -0.15) is 5.10 Å². The lowest BCUT2D eigenvalue weighted by molar-refractivity contribution is -0.0556. The smallest absolute Gasteiger partial charge is 0.163 e. The third-order valence-electron chi connectivity index (χ3n) is 8.54. The molecule has 0 spiro atoms. The van der Waals surface area contributed by atoms with Crippen LogP contribution in [0.15, 0.2) is 48.5 Å². The Hall–Kier alpha value is -2.53. The van der Waals surface area contributed by atoms with Crippen LogP contribution in [0.3, 0.4) is 0 Å². The van der Waals surface area contributed by atoms with Gasteiger partial charge in [-0.3, -0.25) is 0 Å². The Morgan fingerprint density at radius 3 is 2.27 bits per heavy atom. The molecule has 33 heavy (non-hydrogen) atoms. The van der Waals surface area contributed by atoms with E-state index in [4.69, 9.17) is 15.8 Å². The van der Waals surface area contributed by atoms with Crippen molar-refractivity contribution in [3.05, 3.63) is 65.7 Å². The second-order valence-corrected chi connectivity index (χ2v) is 11.2. The van der Waals surface area contributed by atoms with E-state index in [-0.39, 0.29) is 11.4 Å². The molecule has 0 radical (unpaired) electrons. The number of halogens is 1. The summed E-state index contributed by atoms with van der Waals surface area (Å²) >= 11 is 0. The molecule has 5 heteroatoms. The minimum atomic E-state index is -0.249. The van der Waals surface area contributed by atoms with Crippen molar-refractivity contribution in [2.75, 3.05) is 0 Å². The topological polar surface area (TPSA) is 56.7 Å². The van der Waals surface area contributed by atoms with E-state index in [9.17, 15) is 4.39 Å². The number of hydrogen-bond donors (Lipinski definition) is 1. The van der Waals surface area contributed by atoms with Crippen LogP contribution in [0.1, 0.15) is 63.3 Å². The second-order valence-electron chi connectivity index (χ2n) is 11.2. The van der Waals surface area contributed by atoms with Gasteiger partial charge in [0.25, 0.3) is 0 Å². The highest BCUT2D eigenvalue weighted by Crippen LogP contribution is 2.58. The quantitative estimate of drug-likeness (QED) is 0.534. The first-order valence-corrected chi connectivity index (χ1v) is 12.5. The summed E-state index contributed by atoms with van der Waals surface area (Å²) in [5.41, 5.74) is 10.1.